The monoisotopic (exact) mass is 450 g/mol. The molecule has 2 aromatic rings. The number of amides is 1. The molecule has 7 nitrogen and oxygen atoms in total. The zero-order valence-corrected chi connectivity index (χ0v) is 18.9. The van der Waals surface area contributed by atoms with Crippen molar-refractivity contribution in [1.29, 1.82) is 0 Å². The van der Waals surface area contributed by atoms with E-state index in [2.05, 4.69) is 24.5 Å². The number of hydrogen-bond donors (Lipinski definition) is 3. The Hall–Kier alpha value is -3.03. The zero-order chi connectivity index (χ0) is 23.5. The molecule has 2 aliphatic heterocycles. The molecule has 2 saturated heterocycles. The van der Waals surface area contributed by atoms with Crippen LogP contribution in [0.15, 0.2) is 48.5 Å². The van der Waals surface area contributed by atoms with E-state index in [1.807, 2.05) is 12.1 Å². The molecule has 4 rings (SSSR count). The average Bonchev–Trinajstić information content (AvgIpc) is 3.16. The van der Waals surface area contributed by atoms with Crippen molar-refractivity contribution in [2.24, 2.45) is 0 Å². The van der Waals surface area contributed by atoms with Crippen molar-refractivity contribution in [3.05, 3.63) is 65.2 Å². The molecule has 0 aliphatic carbocycles. The van der Waals surface area contributed by atoms with E-state index < -0.39 is 24.0 Å². The van der Waals surface area contributed by atoms with Gasteiger partial charge in [0, 0.05) is 5.56 Å². The minimum absolute atomic E-state index is 0.111. The first kappa shape index (κ1) is 23.1. The molecule has 0 saturated carbocycles. The summed E-state index contributed by atoms with van der Waals surface area (Å²) in [6.07, 6.45) is 0.287. The molecule has 2 aliphatic rings. The second-order valence-electron chi connectivity index (χ2n) is 9.11. The fourth-order valence-electron chi connectivity index (χ4n) is 4.44. The van der Waals surface area contributed by atoms with E-state index in [1.54, 1.807) is 24.3 Å². The first-order valence-electron chi connectivity index (χ1n) is 11.5. The number of hydrogen-bond acceptors (Lipinski definition) is 6. The van der Waals surface area contributed by atoms with E-state index >= 15 is 0 Å². The summed E-state index contributed by atoms with van der Waals surface area (Å²) in [6.45, 7) is 4.87. The number of benzene rings is 2. The Morgan fingerprint density at radius 2 is 1.82 bits per heavy atom. The van der Waals surface area contributed by atoms with Crippen LogP contribution >= 0.6 is 0 Å². The van der Waals surface area contributed by atoms with Crippen LogP contribution in [0.1, 0.15) is 54.1 Å². The molecule has 0 bridgehead atoms. The lowest BCUT2D eigenvalue weighted by Gasteiger charge is -2.23. The van der Waals surface area contributed by atoms with Crippen molar-refractivity contribution in [1.82, 2.24) is 10.6 Å². The van der Waals surface area contributed by atoms with Gasteiger partial charge in [-0.15, -0.1) is 0 Å². The number of piperidine rings is 1. The number of carbonyl (C=O) groups excluding carboxylic acids is 3. The molecule has 2 fully saturated rings. The van der Waals surface area contributed by atoms with Crippen LogP contribution in [-0.2, 0) is 20.7 Å². The minimum Gasteiger partial charge on any atom is -0.508 e. The summed E-state index contributed by atoms with van der Waals surface area (Å²) in [5.41, 5.74) is 2.31. The molecule has 0 aromatic heterocycles. The van der Waals surface area contributed by atoms with Gasteiger partial charge in [-0.25, -0.2) is 0 Å². The van der Waals surface area contributed by atoms with Crippen molar-refractivity contribution in [2.75, 3.05) is 6.54 Å². The van der Waals surface area contributed by atoms with Crippen LogP contribution in [0.2, 0.25) is 0 Å². The second-order valence-corrected chi connectivity index (χ2v) is 9.11. The van der Waals surface area contributed by atoms with E-state index in [4.69, 9.17) is 4.74 Å². The van der Waals surface area contributed by atoms with Crippen LogP contribution in [-0.4, -0.2) is 53.4 Å². The Kier molecular flexibility index (Phi) is 6.91. The maximum atomic E-state index is 13.4. The summed E-state index contributed by atoms with van der Waals surface area (Å²) in [6, 6.07) is 12.3. The van der Waals surface area contributed by atoms with Gasteiger partial charge in [-0.05, 0) is 67.1 Å². The zero-order valence-electron chi connectivity index (χ0n) is 18.9. The van der Waals surface area contributed by atoms with Crippen molar-refractivity contribution in [3.8, 4) is 5.75 Å². The van der Waals surface area contributed by atoms with Crippen LogP contribution in [0.4, 0.5) is 0 Å². The number of phenols is 1. The maximum absolute atomic E-state index is 13.4. The highest BCUT2D eigenvalue weighted by Gasteiger charge is 2.49. The average molecular weight is 451 g/mol. The predicted molar refractivity (Wildman–Crippen MR) is 123 cm³/mol. The third-order valence-electron chi connectivity index (χ3n) is 6.40. The molecule has 33 heavy (non-hydrogen) atoms. The van der Waals surface area contributed by atoms with Gasteiger partial charge in [0.15, 0.2) is 17.7 Å². The molecule has 0 spiro atoms. The van der Waals surface area contributed by atoms with Gasteiger partial charge in [0.25, 0.3) is 5.91 Å². The number of rotatable bonds is 7. The van der Waals surface area contributed by atoms with Crippen molar-refractivity contribution in [3.63, 3.8) is 0 Å². The first-order valence-corrected chi connectivity index (χ1v) is 11.5. The van der Waals surface area contributed by atoms with Gasteiger partial charge < -0.3 is 20.5 Å². The Morgan fingerprint density at radius 1 is 1.12 bits per heavy atom. The smallest absolute Gasteiger partial charge is 0.251 e. The summed E-state index contributed by atoms with van der Waals surface area (Å²) in [5, 5.41) is 15.5. The largest absolute Gasteiger partial charge is 0.508 e. The number of carbonyl (C=O) groups is 3. The van der Waals surface area contributed by atoms with Gasteiger partial charge in [0.05, 0.1) is 18.2 Å². The van der Waals surface area contributed by atoms with Crippen LogP contribution < -0.4 is 10.6 Å². The van der Waals surface area contributed by atoms with Crippen molar-refractivity contribution >= 4 is 17.5 Å². The number of Topliss-reactive ketones (excluding diaryl/α,β-unsaturated/α-hetero) is 2. The molecule has 7 heteroatoms. The van der Waals surface area contributed by atoms with Gasteiger partial charge in [0.2, 0.25) is 0 Å². The predicted octanol–water partition coefficient (Wildman–Crippen LogP) is 2.51. The van der Waals surface area contributed by atoms with Crippen LogP contribution in [0.25, 0.3) is 0 Å². The summed E-state index contributed by atoms with van der Waals surface area (Å²) in [5.74, 6) is -0.648. The molecular weight excluding hydrogens is 420 g/mol. The second kappa shape index (κ2) is 9.85. The minimum atomic E-state index is -1.20. The van der Waals surface area contributed by atoms with Crippen LogP contribution in [0.5, 0.6) is 5.75 Å². The lowest BCUT2D eigenvalue weighted by Crippen LogP contribution is -2.50. The number of nitrogens with one attached hydrogen (secondary N) is 2. The van der Waals surface area contributed by atoms with E-state index in [-0.39, 0.29) is 30.0 Å². The van der Waals surface area contributed by atoms with Gasteiger partial charge in [-0.1, -0.05) is 38.1 Å². The number of phenolic OH excluding ortho intramolecular Hbond substituents is 1. The highest BCUT2D eigenvalue weighted by Crippen LogP contribution is 2.26. The van der Waals surface area contributed by atoms with Crippen molar-refractivity contribution in [2.45, 2.75) is 63.3 Å². The van der Waals surface area contributed by atoms with Gasteiger partial charge >= 0.3 is 0 Å². The van der Waals surface area contributed by atoms with Gasteiger partial charge in [0.1, 0.15) is 5.75 Å². The summed E-state index contributed by atoms with van der Waals surface area (Å²) < 4.78 is 5.85. The summed E-state index contributed by atoms with van der Waals surface area (Å²) in [4.78, 5) is 39.3. The molecule has 174 valence electrons. The van der Waals surface area contributed by atoms with E-state index in [0.717, 1.165) is 30.5 Å². The molecule has 3 N–H and O–H groups in total. The number of aromatic hydroxyl groups is 1. The number of fused-ring (bicyclic) bond motifs is 1. The van der Waals surface area contributed by atoms with E-state index in [0.29, 0.717) is 11.5 Å². The molecule has 4 unspecified atom stereocenters. The van der Waals surface area contributed by atoms with Crippen LogP contribution in [0, 0.1) is 0 Å². The SMILES string of the molecule is CC(C)c1ccc(C(=O)NC(Cc2ccc(O)cc2)C(=O)C2OC3CCCNC3C2=O)cc1. The number of ketones is 2. The lowest BCUT2D eigenvalue weighted by molar-refractivity contribution is -0.138. The Balaban J connectivity index is 1.54. The third kappa shape index (κ3) is 5.15. The molecule has 2 aromatic carbocycles. The molecule has 2 heterocycles. The lowest BCUT2D eigenvalue weighted by atomic mass is 9.93. The quantitative estimate of drug-likeness (QED) is 0.560. The highest BCUT2D eigenvalue weighted by atomic mass is 16.5. The van der Waals surface area contributed by atoms with E-state index in [1.165, 1.54) is 12.1 Å². The number of ether oxygens (including phenoxy) is 1. The topological polar surface area (TPSA) is 105 Å². The third-order valence-corrected chi connectivity index (χ3v) is 6.40. The molecule has 4 atom stereocenters. The standard InChI is InChI=1S/C26H30N2O5/c1-15(2)17-7-9-18(10-8-17)26(32)28-20(14-16-5-11-19(29)12-6-16)23(30)25-24(31)22-21(33-25)4-3-13-27-22/h5-12,15,20-22,25,27,29H,3-4,13-14H2,1-2H3,(H,28,32). The molecular formula is C26H30N2O5. The van der Waals surface area contributed by atoms with Gasteiger partial charge in [-0.3, -0.25) is 14.4 Å². The summed E-state index contributed by atoms with van der Waals surface area (Å²) in [7, 11) is 0. The first-order chi connectivity index (χ1) is 15.8. The van der Waals surface area contributed by atoms with E-state index in [9.17, 15) is 19.5 Å². The summed E-state index contributed by atoms with van der Waals surface area (Å²) >= 11 is 0. The van der Waals surface area contributed by atoms with Crippen LogP contribution in [0.3, 0.4) is 0 Å². The maximum Gasteiger partial charge on any atom is 0.251 e. The Labute approximate surface area is 193 Å². The Morgan fingerprint density at radius 3 is 2.45 bits per heavy atom. The Bertz CT molecular complexity index is 1020. The highest BCUT2D eigenvalue weighted by molar-refractivity contribution is 6.12. The van der Waals surface area contributed by atoms with Gasteiger partial charge in [-0.2, -0.15) is 0 Å². The molecule has 0 radical (unpaired) electrons. The fourth-order valence-corrected chi connectivity index (χ4v) is 4.44. The van der Waals surface area contributed by atoms with Crippen molar-refractivity contribution < 1.29 is 24.2 Å². The fraction of sp³-hybridized carbons (Fsp3) is 0.423. The normalized spacial score (nSPS) is 23.2. The molecule has 1 amide bonds.